The third-order valence-corrected chi connectivity index (χ3v) is 4.63. The molecule has 5 heteroatoms. The molecular weight excluding hydrogens is 319 g/mol. The minimum absolute atomic E-state index is 0. The minimum atomic E-state index is -0.142. The maximum Gasteiger partial charge on any atom is 0.223 e. The van der Waals surface area contributed by atoms with E-state index >= 15 is 0 Å². The van der Waals surface area contributed by atoms with Crippen molar-refractivity contribution >= 4 is 29.9 Å². The van der Waals surface area contributed by atoms with Gasteiger partial charge in [-0.05, 0) is 37.0 Å². The summed E-state index contributed by atoms with van der Waals surface area (Å²) in [6.07, 6.45) is 3.86. The number of amides is 1. The summed E-state index contributed by atoms with van der Waals surface area (Å²) in [4.78, 5) is 12.3. The monoisotopic (exact) mass is 344 g/mol. The van der Waals surface area contributed by atoms with Crippen LogP contribution in [0.2, 0.25) is 5.02 Å². The minimum Gasteiger partial charge on any atom is -0.355 e. The molecule has 0 saturated heterocycles. The van der Waals surface area contributed by atoms with E-state index in [0.29, 0.717) is 6.54 Å². The molecule has 0 spiro atoms. The molecule has 0 bridgehead atoms. The Balaban J connectivity index is 0.00000242. The zero-order valence-corrected chi connectivity index (χ0v) is 14.8. The van der Waals surface area contributed by atoms with Crippen LogP contribution in [0.25, 0.3) is 0 Å². The maximum atomic E-state index is 12.3. The van der Waals surface area contributed by atoms with Gasteiger partial charge >= 0.3 is 0 Å². The topological polar surface area (TPSA) is 55.1 Å². The van der Waals surface area contributed by atoms with Crippen molar-refractivity contribution in [3.8, 4) is 0 Å². The van der Waals surface area contributed by atoms with Gasteiger partial charge in [-0.1, -0.05) is 44.0 Å². The van der Waals surface area contributed by atoms with E-state index in [0.717, 1.165) is 36.3 Å². The first-order valence-electron chi connectivity index (χ1n) is 7.68. The molecule has 2 atom stereocenters. The van der Waals surface area contributed by atoms with Gasteiger partial charge in [-0.15, -0.1) is 12.4 Å². The van der Waals surface area contributed by atoms with Crippen molar-refractivity contribution in [1.82, 2.24) is 5.32 Å². The molecule has 1 aliphatic rings. The van der Waals surface area contributed by atoms with Crippen LogP contribution in [0, 0.1) is 5.92 Å². The van der Waals surface area contributed by atoms with Gasteiger partial charge in [0.2, 0.25) is 5.91 Å². The summed E-state index contributed by atoms with van der Waals surface area (Å²) >= 11 is 6.05. The normalized spacial score (nSPS) is 21.8. The Labute approximate surface area is 144 Å². The summed E-state index contributed by atoms with van der Waals surface area (Å²) < 4.78 is 0. The lowest BCUT2D eigenvalue weighted by Gasteiger charge is -2.29. The van der Waals surface area contributed by atoms with Crippen molar-refractivity contribution in [3.05, 3.63) is 34.9 Å². The van der Waals surface area contributed by atoms with E-state index < -0.39 is 0 Å². The zero-order valence-electron chi connectivity index (χ0n) is 13.3. The fraction of sp³-hybridized carbons (Fsp3) is 0.588. The lowest BCUT2D eigenvalue weighted by atomic mass is 9.83. The Kier molecular flexibility index (Phi) is 7.17. The first kappa shape index (κ1) is 19.3. The molecule has 3 N–H and O–H groups in total. The summed E-state index contributed by atoms with van der Waals surface area (Å²) in [5.74, 6) is 0.212. The van der Waals surface area contributed by atoms with E-state index in [1.165, 1.54) is 0 Å². The SMILES string of the molecule is CC(C)(CNC(=O)C1CCCC(N)C1)c1cccc(Cl)c1.Cl. The van der Waals surface area contributed by atoms with E-state index in [4.69, 9.17) is 17.3 Å². The van der Waals surface area contributed by atoms with Crippen LogP contribution in [0.15, 0.2) is 24.3 Å². The molecule has 3 nitrogen and oxygen atoms in total. The number of rotatable bonds is 4. The van der Waals surface area contributed by atoms with Crippen LogP contribution in [0.1, 0.15) is 45.1 Å². The Morgan fingerprint density at radius 1 is 1.41 bits per heavy atom. The molecule has 0 aromatic heterocycles. The molecular formula is C17H26Cl2N2O. The predicted molar refractivity (Wildman–Crippen MR) is 94.7 cm³/mol. The average Bonchev–Trinajstić information content (AvgIpc) is 2.45. The van der Waals surface area contributed by atoms with Crippen molar-refractivity contribution in [3.63, 3.8) is 0 Å². The summed E-state index contributed by atoms with van der Waals surface area (Å²) in [5.41, 5.74) is 6.95. The van der Waals surface area contributed by atoms with E-state index in [1.807, 2.05) is 18.2 Å². The molecule has 1 saturated carbocycles. The predicted octanol–water partition coefficient (Wildman–Crippen LogP) is 3.67. The molecule has 1 fully saturated rings. The van der Waals surface area contributed by atoms with Gasteiger partial charge in [-0.2, -0.15) is 0 Å². The lowest BCUT2D eigenvalue weighted by Crippen LogP contribution is -2.42. The standard InChI is InChI=1S/C17H25ClN2O.ClH/c1-17(2,13-6-4-7-14(18)10-13)11-20-16(21)12-5-3-8-15(19)9-12;/h4,6-7,10,12,15H,3,5,8-9,11,19H2,1-2H3,(H,20,21);1H. The first-order valence-corrected chi connectivity index (χ1v) is 8.05. The van der Waals surface area contributed by atoms with Crippen molar-refractivity contribution < 1.29 is 4.79 Å². The fourth-order valence-electron chi connectivity index (χ4n) is 2.93. The van der Waals surface area contributed by atoms with Crippen LogP contribution in [0.3, 0.4) is 0 Å². The third kappa shape index (κ3) is 5.15. The average molecular weight is 345 g/mol. The van der Waals surface area contributed by atoms with Crippen LogP contribution in [0.5, 0.6) is 0 Å². The van der Waals surface area contributed by atoms with Gasteiger partial charge in [0, 0.05) is 28.9 Å². The molecule has 22 heavy (non-hydrogen) atoms. The maximum absolute atomic E-state index is 12.3. The van der Waals surface area contributed by atoms with Crippen molar-refractivity contribution in [1.29, 1.82) is 0 Å². The number of nitrogens with one attached hydrogen (secondary N) is 1. The van der Waals surface area contributed by atoms with Gasteiger partial charge in [0.05, 0.1) is 0 Å². The van der Waals surface area contributed by atoms with E-state index in [1.54, 1.807) is 0 Å². The third-order valence-electron chi connectivity index (χ3n) is 4.40. The van der Waals surface area contributed by atoms with Crippen molar-refractivity contribution in [2.24, 2.45) is 11.7 Å². The summed E-state index contributed by atoms with van der Waals surface area (Å²) in [6, 6.07) is 8.00. The number of carbonyl (C=O) groups excluding carboxylic acids is 1. The molecule has 0 radical (unpaired) electrons. The first-order chi connectivity index (χ1) is 9.88. The summed E-state index contributed by atoms with van der Waals surface area (Å²) in [6.45, 7) is 4.84. The number of hydrogen-bond donors (Lipinski definition) is 2. The van der Waals surface area contributed by atoms with Crippen molar-refractivity contribution in [2.45, 2.75) is 51.0 Å². The second-order valence-electron chi connectivity index (χ2n) is 6.74. The Morgan fingerprint density at radius 3 is 2.77 bits per heavy atom. The quantitative estimate of drug-likeness (QED) is 0.875. The number of benzene rings is 1. The molecule has 0 aliphatic heterocycles. The van der Waals surface area contributed by atoms with Crippen LogP contribution < -0.4 is 11.1 Å². The Morgan fingerprint density at radius 2 is 2.14 bits per heavy atom. The highest BCUT2D eigenvalue weighted by Crippen LogP contribution is 2.26. The molecule has 1 aromatic rings. The van der Waals surface area contributed by atoms with Gasteiger partial charge in [0.1, 0.15) is 0 Å². The van der Waals surface area contributed by atoms with Gasteiger partial charge in [-0.3, -0.25) is 4.79 Å². The Hall–Kier alpha value is -0.770. The smallest absolute Gasteiger partial charge is 0.223 e. The second-order valence-corrected chi connectivity index (χ2v) is 7.17. The van der Waals surface area contributed by atoms with Gasteiger partial charge in [0.15, 0.2) is 0 Å². The van der Waals surface area contributed by atoms with Gasteiger partial charge in [-0.25, -0.2) is 0 Å². The van der Waals surface area contributed by atoms with E-state index in [9.17, 15) is 4.79 Å². The van der Waals surface area contributed by atoms with E-state index in [2.05, 4.69) is 25.2 Å². The molecule has 1 aromatic carbocycles. The highest BCUT2D eigenvalue weighted by atomic mass is 35.5. The number of hydrogen-bond acceptors (Lipinski definition) is 2. The fourth-order valence-corrected chi connectivity index (χ4v) is 3.12. The summed E-state index contributed by atoms with van der Waals surface area (Å²) in [7, 11) is 0. The van der Waals surface area contributed by atoms with Crippen LogP contribution in [-0.2, 0) is 10.2 Å². The lowest BCUT2D eigenvalue weighted by molar-refractivity contribution is -0.126. The highest BCUT2D eigenvalue weighted by Gasteiger charge is 2.27. The molecule has 0 heterocycles. The van der Waals surface area contributed by atoms with Crippen LogP contribution >= 0.6 is 24.0 Å². The van der Waals surface area contributed by atoms with Crippen molar-refractivity contribution in [2.75, 3.05) is 6.54 Å². The van der Waals surface area contributed by atoms with Crippen LogP contribution in [0.4, 0.5) is 0 Å². The molecule has 2 unspecified atom stereocenters. The van der Waals surface area contributed by atoms with Gasteiger partial charge in [0.25, 0.3) is 0 Å². The highest BCUT2D eigenvalue weighted by molar-refractivity contribution is 6.30. The van der Waals surface area contributed by atoms with Gasteiger partial charge < -0.3 is 11.1 Å². The number of halogens is 2. The zero-order chi connectivity index (χ0) is 15.5. The van der Waals surface area contributed by atoms with Crippen LogP contribution in [-0.4, -0.2) is 18.5 Å². The Bertz CT molecular complexity index is 505. The van der Waals surface area contributed by atoms with E-state index in [-0.39, 0.29) is 35.7 Å². The number of carbonyl (C=O) groups is 1. The summed E-state index contributed by atoms with van der Waals surface area (Å²) in [5, 5.41) is 3.82. The molecule has 1 aliphatic carbocycles. The molecule has 2 rings (SSSR count). The number of nitrogens with two attached hydrogens (primary N) is 1. The molecule has 124 valence electrons. The second kappa shape index (κ2) is 8.19. The molecule has 1 amide bonds. The largest absolute Gasteiger partial charge is 0.355 e.